The zero-order valence-corrected chi connectivity index (χ0v) is 14.8. The molecule has 0 unspecified atom stereocenters. The maximum Gasteiger partial charge on any atom is 0.171 e. The molecule has 0 spiro atoms. The zero-order chi connectivity index (χ0) is 17.7. The van der Waals surface area contributed by atoms with Crippen molar-refractivity contribution in [2.45, 2.75) is 6.42 Å². The van der Waals surface area contributed by atoms with E-state index in [-0.39, 0.29) is 18.5 Å². The van der Waals surface area contributed by atoms with Gasteiger partial charge in [0.25, 0.3) is 0 Å². The highest BCUT2D eigenvalue weighted by Gasteiger charge is 2.12. The highest BCUT2D eigenvalue weighted by molar-refractivity contribution is 7.80. The van der Waals surface area contributed by atoms with Crippen LogP contribution in [-0.4, -0.2) is 30.7 Å². The van der Waals surface area contributed by atoms with Gasteiger partial charge in [-0.05, 0) is 42.9 Å². The fourth-order valence-electron chi connectivity index (χ4n) is 2.00. The van der Waals surface area contributed by atoms with Crippen molar-refractivity contribution in [3.8, 4) is 0 Å². The molecular weight excluding hydrogens is 354 g/mol. The number of pyridine rings is 1. The first kappa shape index (κ1) is 18.4. The molecule has 0 radical (unpaired) electrons. The SMILES string of the molecule is CN(C)c1cc(F)c(CCNC(=S)Nc2ccc(Cl)cn2)c(F)c1. The Labute approximate surface area is 149 Å². The minimum atomic E-state index is -0.571. The molecule has 2 aromatic rings. The average Bonchev–Trinajstić information content (AvgIpc) is 2.52. The van der Waals surface area contributed by atoms with Crippen molar-refractivity contribution in [2.24, 2.45) is 0 Å². The van der Waals surface area contributed by atoms with Crippen LogP contribution in [0.4, 0.5) is 20.3 Å². The molecule has 1 aromatic heterocycles. The highest BCUT2D eigenvalue weighted by Crippen LogP contribution is 2.21. The minimum absolute atomic E-state index is 0.0283. The quantitative estimate of drug-likeness (QED) is 0.787. The fourth-order valence-corrected chi connectivity index (χ4v) is 2.32. The lowest BCUT2D eigenvalue weighted by Crippen LogP contribution is -2.30. The molecule has 24 heavy (non-hydrogen) atoms. The molecule has 0 aliphatic heterocycles. The van der Waals surface area contributed by atoms with Crippen LogP contribution in [0.3, 0.4) is 0 Å². The lowest BCUT2D eigenvalue weighted by Gasteiger charge is -2.15. The number of hydrogen-bond acceptors (Lipinski definition) is 3. The molecular formula is C16H17ClF2N4S. The van der Waals surface area contributed by atoms with Crippen molar-refractivity contribution < 1.29 is 8.78 Å². The molecule has 1 heterocycles. The maximum atomic E-state index is 14.0. The third-order valence-corrected chi connectivity index (χ3v) is 3.74. The first-order valence-electron chi connectivity index (χ1n) is 7.18. The number of nitrogens with one attached hydrogen (secondary N) is 2. The number of aromatic nitrogens is 1. The lowest BCUT2D eigenvalue weighted by molar-refractivity contribution is 0.553. The Morgan fingerprint density at radius 3 is 2.46 bits per heavy atom. The van der Waals surface area contributed by atoms with Gasteiger partial charge in [0.05, 0.1) is 5.02 Å². The van der Waals surface area contributed by atoms with Crippen LogP contribution >= 0.6 is 23.8 Å². The largest absolute Gasteiger partial charge is 0.377 e. The van der Waals surface area contributed by atoms with Crippen LogP contribution in [-0.2, 0) is 6.42 Å². The normalized spacial score (nSPS) is 10.4. The van der Waals surface area contributed by atoms with E-state index in [1.54, 1.807) is 31.1 Å². The zero-order valence-electron chi connectivity index (χ0n) is 13.2. The van der Waals surface area contributed by atoms with E-state index in [9.17, 15) is 8.78 Å². The van der Waals surface area contributed by atoms with Gasteiger partial charge in [-0.3, -0.25) is 0 Å². The molecule has 0 amide bonds. The van der Waals surface area contributed by atoms with Crippen molar-refractivity contribution >= 4 is 40.4 Å². The molecule has 2 rings (SSSR count). The molecule has 1 aromatic carbocycles. The maximum absolute atomic E-state index is 14.0. The average molecular weight is 371 g/mol. The Morgan fingerprint density at radius 1 is 1.25 bits per heavy atom. The fraction of sp³-hybridized carbons (Fsp3) is 0.250. The summed E-state index contributed by atoms with van der Waals surface area (Å²) in [6, 6.07) is 5.98. The third-order valence-electron chi connectivity index (χ3n) is 3.27. The minimum Gasteiger partial charge on any atom is -0.377 e. The molecule has 0 aliphatic carbocycles. The number of benzene rings is 1. The number of nitrogens with zero attached hydrogens (tertiary/aromatic N) is 2. The molecule has 2 N–H and O–H groups in total. The second-order valence-corrected chi connectivity index (χ2v) is 6.12. The predicted molar refractivity (Wildman–Crippen MR) is 97.9 cm³/mol. The summed E-state index contributed by atoms with van der Waals surface area (Å²) in [6.07, 6.45) is 1.66. The van der Waals surface area contributed by atoms with Gasteiger partial charge < -0.3 is 15.5 Å². The standard InChI is InChI=1S/C16H17ClF2N4S/c1-23(2)11-7-13(18)12(14(19)8-11)5-6-20-16(24)22-15-4-3-10(17)9-21-15/h3-4,7-9H,5-6H2,1-2H3,(H2,20,21,22,24). The van der Waals surface area contributed by atoms with Gasteiger partial charge >= 0.3 is 0 Å². The summed E-state index contributed by atoms with van der Waals surface area (Å²) in [5.41, 5.74) is 0.508. The number of halogens is 3. The van der Waals surface area contributed by atoms with Gasteiger partial charge in [0.15, 0.2) is 5.11 Å². The van der Waals surface area contributed by atoms with Crippen LogP contribution in [0.1, 0.15) is 5.56 Å². The Balaban J connectivity index is 1.89. The molecule has 0 aliphatic rings. The van der Waals surface area contributed by atoms with Gasteiger partial charge in [-0.15, -0.1) is 0 Å². The Kier molecular flexibility index (Phi) is 6.28. The summed E-state index contributed by atoms with van der Waals surface area (Å²) < 4.78 is 28.0. The van der Waals surface area contributed by atoms with Crippen LogP contribution in [0.15, 0.2) is 30.5 Å². The molecule has 0 saturated heterocycles. The van der Waals surface area contributed by atoms with Gasteiger partial charge in [-0.1, -0.05) is 11.6 Å². The van der Waals surface area contributed by atoms with Gasteiger partial charge in [0, 0.05) is 38.1 Å². The molecule has 0 atom stereocenters. The Hall–Kier alpha value is -1.99. The highest BCUT2D eigenvalue weighted by atomic mass is 35.5. The monoisotopic (exact) mass is 370 g/mol. The van der Waals surface area contributed by atoms with Crippen LogP contribution in [0.5, 0.6) is 0 Å². The van der Waals surface area contributed by atoms with Gasteiger partial charge in [-0.2, -0.15) is 0 Å². The van der Waals surface area contributed by atoms with E-state index in [2.05, 4.69) is 15.6 Å². The van der Waals surface area contributed by atoms with Crippen LogP contribution in [0, 0.1) is 11.6 Å². The summed E-state index contributed by atoms with van der Waals surface area (Å²) in [4.78, 5) is 5.69. The van der Waals surface area contributed by atoms with E-state index >= 15 is 0 Å². The molecule has 0 fully saturated rings. The summed E-state index contributed by atoms with van der Waals surface area (Å²) in [5, 5.41) is 6.59. The third kappa shape index (κ3) is 5.01. The smallest absolute Gasteiger partial charge is 0.171 e. The van der Waals surface area contributed by atoms with Crippen LogP contribution in [0.25, 0.3) is 0 Å². The summed E-state index contributed by atoms with van der Waals surface area (Å²) in [5.74, 6) is -0.609. The van der Waals surface area contributed by atoms with Crippen LogP contribution in [0.2, 0.25) is 5.02 Å². The summed E-state index contributed by atoms with van der Waals surface area (Å²) >= 11 is 10.9. The van der Waals surface area contributed by atoms with Crippen molar-refractivity contribution in [3.63, 3.8) is 0 Å². The second kappa shape index (κ2) is 8.21. The molecule has 4 nitrogen and oxygen atoms in total. The molecule has 128 valence electrons. The number of anilines is 2. The van der Waals surface area contributed by atoms with Crippen molar-refractivity contribution in [1.29, 1.82) is 0 Å². The molecule has 0 saturated carbocycles. The van der Waals surface area contributed by atoms with E-state index in [0.29, 0.717) is 21.6 Å². The first-order chi connectivity index (χ1) is 11.4. The first-order valence-corrected chi connectivity index (χ1v) is 7.97. The van der Waals surface area contributed by atoms with E-state index in [4.69, 9.17) is 23.8 Å². The number of thiocarbonyl (C=S) groups is 1. The van der Waals surface area contributed by atoms with Crippen molar-refractivity contribution in [1.82, 2.24) is 10.3 Å². The summed E-state index contributed by atoms with van der Waals surface area (Å²) in [7, 11) is 3.45. The van der Waals surface area contributed by atoms with Gasteiger partial charge in [-0.25, -0.2) is 13.8 Å². The summed E-state index contributed by atoms with van der Waals surface area (Å²) in [6.45, 7) is 0.286. The van der Waals surface area contributed by atoms with E-state index < -0.39 is 11.6 Å². The van der Waals surface area contributed by atoms with Crippen molar-refractivity contribution in [3.05, 3.63) is 52.7 Å². The van der Waals surface area contributed by atoms with Gasteiger partial charge in [0.1, 0.15) is 17.5 Å². The molecule has 0 bridgehead atoms. The Bertz CT molecular complexity index is 700. The Morgan fingerprint density at radius 2 is 1.92 bits per heavy atom. The second-order valence-electron chi connectivity index (χ2n) is 5.27. The topological polar surface area (TPSA) is 40.2 Å². The van der Waals surface area contributed by atoms with E-state index in [1.165, 1.54) is 18.3 Å². The van der Waals surface area contributed by atoms with E-state index in [1.807, 2.05) is 0 Å². The van der Waals surface area contributed by atoms with Crippen molar-refractivity contribution in [2.75, 3.05) is 30.9 Å². The van der Waals surface area contributed by atoms with Gasteiger partial charge in [0.2, 0.25) is 0 Å². The lowest BCUT2D eigenvalue weighted by atomic mass is 10.1. The number of hydrogen-bond donors (Lipinski definition) is 2. The number of rotatable bonds is 5. The van der Waals surface area contributed by atoms with E-state index in [0.717, 1.165) is 0 Å². The predicted octanol–water partition coefficient (Wildman–Crippen LogP) is 3.61. The molecule has 8 heteroatoms. The van der Waals surface area contributed by atoms with Crippen LogP contribution < -0.4 is 15.5 Å².